The van der Waals surface area contributed by atoms with E-state index < -0.39 is 30.2 Å². The number of amides is 2. The van der Waals surface area contributed by atoms with Crippen LogP contribution in [0.2, 0.25) is 5.02 Å². The van der Waals surface area contributed by atoms with Gasteiger partial charge in [0.2, 0.25) is 5.88 Å². The Bertz CT molecular complexity index is 896. The number of esters is 1. The molecule has 3 N–H and O–H groups in total. The highest BCUT2D eigenvalue weighted by molar-refractivity contribution is 6.30. The molecule has 2 aromatic rings. The van der Waals surface area contributed by atoms with Gasteiger partial charge in [0, 0.05) is 6.07 Å². The van der Waals surface area contributed by atoms with Crippen LogP contribution in [0.5, 0.6) is 5.75 Å². The molecule has 0 atom stereocenters. The van der Waals surface area contributed by atoms with Crippen molar-refractivity contribution in [3.63, 3.8) is 0 Å². The fourth-order valence-electron chi connectivity index (χ4n) is 2.20. The van der Waals surface area contributed by atoms with Crippen LogP contribution in [0.15, 0.2) is 22.6 Å². The van der Waals surface area contributed by atoms with Gasteiger partial charge in [-0.05, 0) is 26.0 Å². The minimum atomic E-state index is -0.976. The minimum absolute atomic E-state index is 0.0591. The molecule has 0 aliphatic rings. The van der Waals surface area contributed by atoms with Crippen molar-refractivity contribution >= 4 is 35.3 Å². The highest BCUT2D eigenvalue weighted by atomic mass is 35.5. The van der Waals surface area contributed by atoms with Crippen molar-refractivity contribution in [1.82, 2.24) is 0 Å². The number of ether oxygens (including phenoxy) is 2. The topological polar surface area (TPSA) is 121 Å². The van der Waals surface area contributed by atoms with Crippen molar-refractivity contribution < 1.29 is 32.7 Å². The van der Waals surface area contributed by atoms with Crippen LogP contribution in [0.1, 0.15) is 33.4 Å². The smallest absolute Gasteiger partial charge is 0.342 e. The van der Waals surface area contributed by atoms with Crippen LogP contribution in [-0.2, 0) is 9.53 Å². The maximum atomic E-state index is 13.1. The number of rotatable bonds is 7. The number of nitrogens with one attached hydrogen (secondary N) is 1. The molecule has 0 bridgehead atoms. The van der Waals surface area contributed by atoms with Crippen LogP contribution in [0, 0.1) is 12.7 Å². The quantitative estimate of drug-likeness (QED) is 0.691. The molecular formula is C17H16ClFN2O6. The lowest BCUT2D eigenvalue weighted by Gasteiger charge is -2.07. The Morgan fingerprint density at radius 3 is 2.59 bits per heavy atom. The molecule has 1 aromatic heterocycles. The Labute approximate surface area is 158 Å². The van der Waals surface area contributed by atoms with Crippen LogP contribution in [0.3, 0.4) is 0 Å². The number of halogens is 2. The fourth-order valence-corrected chi connectivity index (χ4v) is 2.37. The van der Waals surface area contributed by atoms with E-state index in [0.29, 0.717) is 0 Å². The van der Waals surface area contributed by atoms with Crippen molar-refractivity contribution in [2.24, 2.45) is 5.73 Å². The number of benzene rings is 1. The molecule has 0 fully saturated rings. The van der Waals surface area contributed by atoms with Gasteiger partial charge < -0.3 is 19.6 Å². The summed E-state index contributed by atoms with van der Waals surface area (Å²) in [6, 6.07) is 3.58. The van der Waals surface area contributed by atoms with Gasteiger partial charge in [-0.2, -0.15) is 0 Å². The van der Waals surface area contributed by atoms with E-state index in [4.69, 9.17) is 31.2 Å². The highest BCUT2D eigenvalue weighted by Crippen LogP contribution is 2.28. The van der Waals surface area contributed by atoms with E-state index in [1.54, 1.807) is 6.92 Å². The van der Waals surface area contributed by atoms with Crippen LogP contribution < -0.4 is 15.8 Å². The summed E-state index contributed by atoms with van der Waals surface area (Å²) in [5.74, 6) is -3.19. The third-order valence-electron chi connectivity index (χ3n) is 3.32. The first kappa shape index (κ1) is 20.2. The zero-order valence-corrected chi connectivity index (χ0v) is 15.2. The molecule has 0 unspecified atom stereocenters. The summed E-state index contributed by atoms with van der Waals surface area (Å²) in [4.78, 5) is 35.8. The number of hydrogen-bond acceptors (Lipinski definition) is 6. The second kappa shape index (κ2) is 8.54. The zero-order valence-electron chi connectivity index (χ0n) is 14.4. The van der Waals surface area contributed by atoms with Gasteiger partial charge in [-0.3, -0.25) is 14.9 Å². The number of carbonyl (C=O) groups is 3. The number of nitrogens with two attached hydrogens (primary N) is 1. The lowest BCUT2D eigenvalue weighted by Crippen LogP contribution is -2.23. The first-order valence-electron chi connectivity index (χ1n) is 7.72. The number of aryl methyl sites for hydroxylation is 1. The Hall–Kier alpha value is -3.07. The van der Waals surface area contributed by atoms with Gasteiger partial charge in [0.05, 0.1) is 11.6 Å². The average molecular weight is 399 g/mol. The number of furan rings is 1. The summed E-state index contributed by atoms with van der Waals surface area (Å²) in [7, 11) is 0. The van der Waals surface area contributed by atoms with Crippen molar-refractivity contribution in [3.8, 4) is 5.75 Å². The van der Waals surface area contributed by atoms with Crippen molar-refractivity contribution in [2.75, 3.05) is 18.5 Å². The third-order valence-corrected chi connectivity index (χ3v) is 3.61. The predicted molar refractivity (Wildman–Crippen MR) is 93.5 cm³/mol. The lowest BCUT2D eigenvalue weighted by atomic mass is 10.1. The molecule has 0 saturated carbocycles. The maximum absolute atomic E-state index is 13.1. The van der Waals surface area contributed by atoms with Crippen LogP contribution in [0.4, 0.5) is 10.3 Å². The molecule has 0 radical (unpaired) electrons. The normalized spacial score (nSPS) is 10.4. The first-order valence-corrected chi connectivity index (χ1v) is 8.10. The summed E-state index contributed by atoms with van der Waals surface area (Å²) in [5, 5.41) is 2.14. The van der Waals surface area contributed by atoms with E-state index in [-0.39, 0.29) is 40.2 Å². The molecule has 2 amide bonds. The molecule has 1 aromatic carbocycles. The van der Waals surface area contributed by atoms with Gasteiger partial charge in [-0.25, -0.2) is 9.18 Å². The predicted octanol–water partition coefficient (Wildman–Crippen LogP) is 2.67. The zero-order chi connectivity index (χ0) is 20.1. The van der Waals surface area contributed by atoms with Gasteiger partial charge in [-0.15, -0.1) is 0 Å². The summed E-state index contributed by atoms with van der Waals surface area (Å²) in [5.41, 5.74) is 4.83. The van der Waals surface area contributed by atoms with E-state index in [2.05, 4.69) is 5.32 Å². The molecular weight excluding hydrogens is 383 g/mol. The van der Waals surface area contributed by atoms with E-state index in [1.165, 1.54) is 19.1 Å². The number of primary amides is 1. The molecule has 0 aliphatic carbocycles. The monoisotopic (exact) mass is 398 g/mol. The molecule has 8 nitrogen and oxygen atoms in total. The molecule has 10 heteroatoms. The fraction of sp³-hybridized carbons (Fsp3) is 0.235. The SMILES string of the molecule is CCOC(=O)c1c(C)oc(NC(=O)COc2ccc(F)c(Cl)c2)c1C(N)=O. The number of hydrogen-bond donors (Lipinski definition) is 2. The van der Waals surface area contributed by atoms with Crippen LogP contribution in [-0.4, -0.2) is 31.0 Å². The van der Waals surface area contributed by atoms with Gasteiger partial charge in [0.15, 0.2) is 6.61 Å². The molecule has 0 spiro atoms. The second-order valence-electron chi connectivity index (χ2n) is 5.23. The molecule has 0 aliphatic heterocycles. The Morgan fingerprint density at radius 2 is 2.00 bits per heavy atom. The lowest BCUT2D eigenvalue weighted by molar-refractivity contribution is -0.118. The first-order chi connectivity index (χ1) is 12.7. The van der Waals surface area contributed by atoms with Gasteiger partial charge in [0.1, 0.15) is 28.5 Å². The standard InChI is InChI=1S/C17H16ClFN2O6/c1-3-25-17(24)13-8(2)27-16(14(13)15(20)23)21-12(22)7-26-9-4-5-11(19)10(18)6-9/h4-6H,3,7H2,1-2H3,(H2,20,23)(H,21,22). The summed E-state index contributed by atoms with van der Waals surface area (Å²) in [6.07, 6.45) is 0. The highest BCUT2D eigenvalue weighted by Gasteiger charge is 2.29. The Balaban J connectivity index is 2.15. The van der Waals surface area contributed by atoms with E-state index in [0.717, 1.165) is 6.07 Å². The Kier molecular flexibility index (Phi) is 6.40. The van der Waals surface area contributed by atoms with Gasteiger partial charge >= 0.3 is 5.97 Å². The number of carbonyl (C=O) groups excluding carboxylic acids is 3. The average Bonchev–Trinajstić information content (AvgIpc) is 2.92. The Morgan fingerprint density at radius 1 is 1.30 bits per heavy atom. The second-order valence-corrected chi connectivity index (χ2v) is 5.64. The van der Waals surface area contributed by atoms with Gasteiger partial charge in [-0.1, -0.05) is 11.6 Å². The van der Waals surface area contributed by atoms with Gasteiger partial charge in [0.25, 0.3) is 11.8 Å². The van der Waals surface area contributed by atoms with Crippen LogP contribution >= 0.6 is 11.6 Å². The summed E-state index contributed by atoms with van der Waals surface area (Å²) in [6.45, 7) is 2.61. The largest absolute Gasteiger partial charge is 0.484 e. The van der Waals surface area contributed by atoms with Crippen molar-refractivity contribution in [2.45, 2.75) is 13.8 Å². The third kappa shape index (κ3) is 4.76. The molecule has 2 rings (SSSR count). The minimum Gasteiger partial charge on any atom is -0.484 e. The molecule has 0 saturated heterocycles. The summed E-state index contributed by atoms with van der Waals surface area (Å²) < 4.78 is 28.4. The van der Waals surface area contributed by atoms with Crippen LogP contribution in [0.25, 0.3) is 0 Å². The van der Waals surface area contributed by atoms with Crippen molar-refractivity contribution in [1.29, 1.82) is 0 Å². The summed E-state index contributed by atoms with van der Waals surface area (Å²) >= 11 is 5.62. The molecule has 27 heavy (non-hydrogen) atoms. The molecule has 1 heterocycles. The maximum Gasteiger partial charge on any atom is 0.342 e. The van der Waals surface area contributed by atoms with Crippen molar-refractivity contribution in [3.05, 3.63) is 45.9 Å². The van der Waals surface area contributed by atoms with E-state index in [1.807, 2.05) is 0 Å². The van der Waals surface area contributed by atoms with E-state index >= 15 is 0 Å². The number of anilines is 1. The molecule has 144 valence electrons. The van der Waals surface area contributed by atoms with E-state index in [9.17, 15) is 18.8 Å².